The Morgan fingerprint density at radius 1 is 1.09 bits per heavy atom. The molecular formula is C18H20Cl2N2. The lowest BCUT2D eigenvalue weighted by Gasteiger charge is -2.26. The van der Waals surface area contributed by atoms with Crippen molar-refractivity contribution in [3.8, 4) is 0 Å². The summed E-state index contributed by atoms with van der Waals surface area (Å²) in [5.74, 6) is 0. The molecule has 22 heavy (non-hydrogen) atoms. The zero-order valence-corrected chi connectivity index (χ0v) is 14.3. The molecule has 1 aliphatic rings. The van der Waals surface area contributed by atoms with Gasteiger partial charge >= 0.3 is 0 Å². The van der Waals surface area contributed by atoms with Gasteiger partial charge in [0.1, 0.15) is 0 Å². The van der Waals surface area contributed by atoms with Gasteiger partial charge in [-0.1, -0.05) is 59.6 Å². The van der Waals surface area contributed by atoms with Crippen molar-refractivity contribution < 1.29 is 0 Å². The van der Waals surface area contributed by atoms with Crippen molar-refractivity contribution >= 4 is 23.2 Å². The van der Waals surface area contributed by atoms with E-state index in [9.17, 15) is 0 Å². The Morgan fingerprint density at radius 3 is 2.50 bits per heavy atom. The standard InChI is InChI=1S/C18H20Cl2N2/c1-12-18(15-9-8-14(19)11-16(15)20)22(2)17(21-12)10-13-6-4-3-5-7-13/h3-9,11-12,17-18,21H,10H2,1-2H3. The third-order valence-electron chi connectivity index (χ3n) is 4.41. The maximum atomic E-state index is 6.41. The summed E-state index contributed by atoms with van der Waals surface area (Å²) < 4.78 is 0. The molecule has 1 fully saturated rings. The second kappa shape index (κ2) is 6.59. The summed E-state index contributed by atoms with van der Waals surface area (Å²) in [4.78, 5) is 2.37. The molecule has 0 radical (unpaired) electrons. The fourth-order valence-corrected chi connectivity index (χ4v) is 3.85. The summed E-state index contributed by atoms with van der Waals surface area (Å²) in [6.07, 6.45) is 1.28. The zero-order chi connectivity index (χ0) is 15.7. The predicted octanol–water partition coefficient (Wildman–Crippen LogP) is 4.53. The van der Waals surface area contributed by atoms with Gasteiger partial charge in [0.2, 0.25) is 0 Å². The molecule has 0 spiro atoms. The second-order valence-electron chi connectivity index (χ2n) is 5.94. The van der Waals surface area contributed by atoms with E-state index in [2.05, 4.69) is 48.5 Å². The maximum Gasteiger partial charge on any atom is 0.0644 e. The Bertz CT molecular complexity index is 645. The van der Waals surface area contributed by atoms with Crippen LogP contribution in [0.15, 0.2) is 48.5 Å². The van der Waals surface area contributed by atoms with E-state index in [4.69, 9.17) is 23.2 Å². The lowest BCUT2D eigenvalue weighted by Crippen LogP contribution is -2.36. The molecule has 0 aromatic heterocycles. The molecule has 2 aromatic carbocycles. The van der Waals surface area contributed by atoms with E-state index in [1.54, 1.807) is 0 Å². The molecule has 3 rings (SSSR count). The molecule has 0 bridgehead atoms. The highest BCUT2D eigenvalue weighted by Crippen LogP contribution is 2.36. The number of likely N-dealkylation sites (N-methyl/N-ethyl adjacent to an activating group) is 1. The summed E-state index contributed by atoms with van der Waals surface area (Å²) in [5, 5.41) is 5.09. The highest BCUT2D eigenvalue weighted by molar-refractivity contribution is 6.35. The highest BCUT2D eigenvalue weighted by atomic mass is 35.5. The van der Waals surface area contributed by atoms with E-state index in [0.717, 1.165) is 17.0 Å². The monoisotopic (exact) mass is 334 g/mol. The number of halogens is 2. The number of hydrogen-bond donors (Lipinski definition) is 1. The fourth-order valence-electron chi connectivity index (χ4n) is 3.33. The van der Waals surface area contributed by atoms with Crippen LogP contribution in [0.2, 0.25) is 10.0 Å². The Kier molecular flexibility index (Phi) is 4.74. The molecule has 1 aliphatic heterocycles. The van der Waals surface area contributed by atoms with E-state index < -0.39 is 0 Å². The van der Waals surface area contributed by atoms with Crippen LogP contribution in [0, 0.1) is 0 Å². The molecule has 1 heterocycles. The number of rotatable bonds is 3. The average molecular weight is 335 g/mol. The summed E-state index contributed by atoms with van der Waals surface area (Å²) >= 11 is 12.4. The van der Waals surface area contributed by atoms with E-state index in [1.165, 1.54) is 5.56 Å². The topological polar surface area (TPSA) is 15.3 Å². The van der Waals surface area contributed by atoms with Crippen LogP contribution in [0.25, 0.3) is 0 Å². The van der Waals surface area contributed by atoms with Crippen LogP contribution in [0.4, 0.5) is 0 Å². The first kappa shape index (κ1) is 15.8. The highest BCUT2D eigenvalue weighted by Gasteiger charge is 2.37. The molecule has 3 unspecified atom stereocenters. The maximum absolute atomic E-state index is 6.41. The fraction of sp³-hybridized carbons (Fsp3) is 0.333. The van der Waals surface area contributed by atoms with Gasteiger partial charge in [0, 0.05) is 22.5 Å². The first-order chi connectivity index (χ1) is 10.6. The molecule has 4 heteroatoms. The molecule has 0 saturated carbocycles. The molecule has 2 aromatic rings. The van der Waals surface area contributed by atoms with Gasteiger partial charge in [-0.3, -0.25) is 10.2 Å². The molecule has 116 valence electrons. The summed E-state index contributed by atoms with van der Waals surface area (Å²) in [7, 11) is 2.15. The molecule has 0 amide bonds. The van der Waals surface area contributed by atoms with Gasteiger partial charge in [-0.2, -0.15) is 0 Å². The minimum atomic E-state index is 0.249. The van der Waals surface area contributed by atoms with Crippen molar-refractivity contribution in [1.82, 2.24) is 10.2 Å². The quantitative estimate of drug-likeness (QED) is 0.887. The Balaban J connectivity index is 1.82. The van der Waals surface area contributed by atoms with Gasteiger partial charge < -0.3 is 0 Å². The van der Waals surface area contributed by atoms with Crippen LogP contribution < -0.4 is 5.32 Å². The third-order valence-corrected chi connectivity index (χ3v) is 4.97. The third kappa shape index (κ3) is 3.16. The minimum Gasteiger partial charge on any atom is -0.297 e. The Hall–Kier alpha value is -1.06. The van der Waals surface area contributed by atoms with Gasteiger partial charge in [0.25, 0.3) is 0 Å². The molecular weight excluding hydrogens is 315 g/mol. The zero-order valence-electron chi connectivity index (χ0n) is 12.8. The summed E-state index contributed by atoms with van der Waals surface area (Å²) in [5.41, 5.74) is 2.46. The van der Waals surface area contributed by atoms with Crippen LogP contribution in [-0.4, -0.2) is 24.2 Å². The smallest absolute Gasteiger partial charge is 0.0644 e. The predicted molar refractivity (Wildman–Crippen MR) is 93.5 cm³/mol. The van der Waals surface area contributed by atoms with Gasteiger partial charge in [0.15, 0.2) is 0 Å². The number of nitrogens with zero attached hydrogens (tertiary/aromatic N) is 1. The minimum absolute atomic E-state index is 0.249. The van der Waals surface area contributed by atoms with Crippen LogP contribution >= 0.6 is 23.2 Å². The molecule has 0 aliphatic carbocycles. The van der Waals surface area contributed by atoms with Crippen LogP contribution in [0.1, 0.15) is 24.1 Å². The second-order valence-corrected chi connectivity index (χ2v) is 6.78. The SMILES string of the molecule is CC1NC(Cc2ccccc2)N(C)C1c1ccc(Cl)cc1Cl. The van der Waals surface area contributed by atoms with Crippen LogP contribution in [-0.2, 0) is 6.42 Å². The molecule has 3 atom stereocenters. The number of hydrogen-bond acceptors (Lipinski definition) is 2. The van der Waals surface area contributed by atoms with Gasteiger partial charge in [-0.25, -0.2) is 0 Å². The number of benzene rings is 2. The van der Waals surface area contributed by atoms with Crippen LogP contribution in [0.3, 0.4) is 0 Å². The van der Waals surface area contributed by atoms with Crippen molar-refractivity contribution in [3.05, 3.63) is 69.7 Å². The van der Waals surface area contributed by atoms with E-state index >= 15 is 0 Å². The van der Waals surface area contributed by atoms with Gasteiger partial charge in [-0.05, 0) is 37.2 Å². The van der Waals surface area contributed by atoms with Crippen molar-refractivity contribution in [3.63, 3.8) is 0 Å². The molecule has 1 N–H and O–H groups in total. The number of nitrogens with one attached hydrogen (secondary N) is 1. The van der Waals surface area contributed by atoms with E-state index in [0.29, 0.717) is 17.2 Å². The Labute approximate surface area is 142 Å². The first-order valence-corrected chi connectivity index (χ1v) is 8.28. The van der Waals surface area contributed by atoms with Crippen molar-refractivity contribution in [2.75, 3.05) is 7.05 Å². The van der Waals surface area contributed by atoms with Gasteiger partial charge in [0.05, 0.1) is 12.2 Å². The normalized spacial score (nSPS) is 25.5. The first-order valence-electron chi connectivity index (χ1n) is 7.53. The van der Waals surface area contributed by atoms with Crippen molar-refractivity contribution in [2.45, 2.75) is 31.6 Å². The van der Waals surface area contributed by atoms with Crippen molar-refractivity contribution in [1.29, 1.82) is 0 Å². The van der Waals surface area contributed by atoms with Crippen LogP contribution in [0.5, 0.6) is 0 Å². The molecule has 1 saturated heterocycles. The largest absolute Gasteiger partial charge is 0.297 e. The van der Waals surface area contributed by atoms with E-state index in [1.807, 2.05) is 24.3 Å². The average Bonchev–Trinajstić information content (AvgIpc) is 2.75. The lowest BCUT2D eigenvalue weighted by atomic mass is 10.0. The molecule has 2 nitrogen and oxygen atoms in total. The Morgan fingerprint density at radius 2 is 1.82 bits per heavy atom. The van der Waals surface area contributed by atoms with Crippen molar-refractivity contribution in [2.24, 2.45) is 0 Å². The summed E-state index contributed by atoms with van der Waals surface area (Å²) in [6, 6.07) is 16.9. The van der Waals surface area contributed by atoms with E-state index in [-0.39, 0.29) is 6.04 Å². The lowest BCUT2D eigenvalue weighted by molar-refractivity contribution is 0.232. The van der Waals surface area contributed by atoms with Gasteiger partial charge in [-0.15, -0.1) is 0 Å². The summed E-state index contributed by atoms with van der Waals surface area (Å²) in [6.45, 7) is 2.21.